The first kappa shape index (κ1) is 19.9. The summed E-state index contributed by atoms with van der Waals surface area (Å²) in [6.07, 6.45) is 4.39. The molecule has 8 nitrogen and oxygen atoms in total. The molecule has 1 fully saturated rings. The van der Waals surface area contributed by atoms with Gasteiger partial charge in [0.05, 0.1) is 25.3 Å². The van der Waals surface area contributed by atoms with Gasteiger partial charge < -0.3 is 15.8 Å². The van der Waals surface area contributed by atoms with Crippen molar-refractivity contribution < 1.29 is 4.74 Å². The van der Waals surface area contributed by atoms with Gasteiger partial charge in [0.15, 0.2) is 5.82 Å². The highest BCUT2D eigenvalue weighted by atomic mass is 16.5. The van der Waals surface area contributed by atoms with Crippen LogP contribution in [-0.4, -0.2) is 50.2 Å². The molecular weight excluding hydrogens is 414 g/mol. The number of hydrogen-bond donors (Lipinski definition) is 2. The summed E-state index contributed by atoms with van der Waals surface area (Å²) in [5.41, 5.74) is 12.4. The molecule has 0 bridgehead atoms. The van der Waals surface area contributed by atoms with Gasteiger partial charge in [0.25, 0.3) is 0 Å². The van der Waals surface area contributed by atoms with Crippen molar-refractivity contribution in [2.45, 2.75) is 19.0 Å². The van der Waals surface area contributed by atoms with Gasteiger partial charge in [-0.3, -0.25) is 4.68 Å². The molecule has 1 unspecified atom stereocenters. The summed E-state index contributed by atoms with van der Waals surface area (Å²) in [5.74, 6) is 0.466. The van der Waals surface area contributed by atoms with E-state index in [1.165, 1.54) is 11.9 Å². The maximum atomic E-state index is 6.31. The first-order valence-electron chi connectivity index (χ1n) is 11.2. The zero-order valence-corrected chi connectivity index (χ0v) is 18.2. The highest BCUT2D eigenvalue weighted by Crippen LogP contribution is 2.32. The second-order valence-corrected chi connectivity index (χ2v) is 8.47. The second kappa shape index (κ2) is 8.31. The number of hydrogen-bond acceptors (Lipinski definition) is 6. The molecule has 0 aliphatic carbocycles. The van der Waals surface area contributed by atoms with Crippen molar-refractivity contribution in [1.29, 1.82) is 0 Å². The molecule has 3 aromatic heterocycles. The van der Waals surface area contributed by atoms with E-state index in [4.69, 9.17) is 15.6 Å². The molecule has 1 atom stereocenters. The Balaban J connectivity index is 1.38. The maximum absolute atomic E-state index is 6.31. The van der Waals surface area contributed by atoms with Crippen LogP contribution in [0, 0.1) is 0 Å². The number of morpholine rings is 1. The van der Waals surface area contributed by atoms with Crippen molar-refractivity contribution in [3.8, 4) is 11.1 Å². The van der Waals surface area contributed by atoms with Gasteiger partial charge >= 0.3 is 0 Å². The van der Waals surface area contributed by atoms with Crippen LogP contribution in [0.5, 0.6) is 0 Å². The van der Waals surface area contributed by atoms with Crippen molar-refractivity contribution in [1.82, 2.24) is 29.7 Å². The number of anilines is 1. The third-order valence-corrected chi connectivity index (χ3v) is 6.16. The van der Waals surface area contributed by atoms with E-state index in [2.05, 4.69) is 58.0 Å². The van der Waals surface area contributed by atoms with E-state index in [-0.39, 0.29) is 6.04 Å². The summed E-state index contributed by atoms with van der Waals surface area (Å²) in [6.45, 7) is 3.04. The van der Waals surface area contributed by atoms with Crippen molar-refractivity contribution in [3.63, 3.8) is 0 Å². The minimum Gasteiger partial charge on any atom is -0.382 e. The Bertz CT molecular complexity index is 1420. The molecule has 0 amide bonds. The van der Waals surface area contributed by atoms with Crippen molar-refractivity contribution in [3.05, 3.63) is 78.4 Å². The lowest BCUT2D eigenvalue weighted by atomic mass is 10.0. The van der Waals surface area contributed by atoms with Gasteiger partial charge in [-0.05, 0) is 23.3 Å². The fraction of sp³-hybridized carbons (Fsp3) is 0.240. The van der Waals surface area contributed by atoms with Crippen LogP contribution in [0.2, 0.25) is 0 Å². The van der Waals surface area contributed by atoms with E-state index in [1.807, 2.05) is 27.4 Å². The minimum atomic E-state index is 0.247. The molecule has 4 heterocycles. The molecule has 3 N–H and O–H groups in total. The molecule has 0 radical (unpaired) electrons. The number of nitrogens with one attached hydrogen (secondary N) is 1. The fourth-order valence-electron chi connectivity index (χ4n) is 4.59. The number of nitrogens with zero attached hydrogens (tertiary/aromatic N) is 5. The van der Waals surface area contributed by atoms with Gasteiger partial charge in [-0.25, -0.2) is 9.50 Å². The van der Waals surface area contributed by atoms with Gasteiger partial charge in [-0.2, -0.15) is 10.2 Å². The predicted octanol–water partition coefficient (Wildman–Crippen LogP) is 2.91. The number of nitrogen functional groups attached to an aromatic ring is 1. The Kier molecular flexibility index (Phi) is 5.01. The fourth-order valence-corrected chi connectivity index (χ4v) is 4.59. The minimum absolute atomic E-state index is 0.247. The number of nitrogens with two attached hydrogens (primary N) is 1. The van der Waals surface area contributed by atoms with Crippen molar-refractivity contribution in [2.75, 3.05) is 25.5 Å². The van der Waals surface area contributed by atoms with Gasteiger partial charge in [-0.1, -0.05) is 42.5 Å². The standard InChI is InChI=1S/C25H25N7O/c26-25-24-22(12-21(32(24)29-16-28-25)11-20-15-33-9-8-27-20)18-6-7-19-14-31(30-23(19)10-18)13-17-4-2-1-3-5-17/h1-7,10,12,14,16,20,27H,8-9,11,13,15H2,(H2,26,28,29). The number of benzene rings is 2. The molecule has 1 saturated heterocycles. The maximum Gasteiger partial charge on any atom is 0.151 e. The molecule has 5 aromatic rings. The summed E-state index contributed by atoms with van der Waals surface area (Å²) in [4.78, 5) is 4.25. The number of aromatic nitrogens is 5. The van der Waals surface area contributed by atoms with E-state index >= 15 is 0 Å². The Labute approximate surface area is 191 Å². The van der Waals surface area contributed by atoms with E-state index in [0.29, 0.717) is 12.4 Å². The van der Waals surface area contributed by atoms with Crippen molar-refractivity contribution >= 4 is 22.2 Å². The highest BCUT2D eigenvalue weighted by molar-refractivity contribution is 5.92. The first-order valence-corrected chi connectivity index (χ1v) is 11.2. The summed E-state index contributed by atoms with van der Waals surface area (Å²) in [5, 5.41) is 13.9. The summed E-state index contributed by atoms with van der Waals surface area (Å²) < 4.78 is 9.53. The van der Waals surface area contributed by atoms with Gasteiger partial charge in [-0.15, -0.1) is 0 Å². The Morgan fingerprint density at radius 3 is 2.88 bits per heavy atom. The highest BCUT2D eigenvalue weighted by Gasteiger charge is 2.20. The Morgan fingerprint density at radius 1 is 1.12 bits per heavy atom. The first-order chi connectivity index (χ1) is 16.2. The molecule has 1 aliphatic rings. The van der Waals surface area contributed by atoms with Crippen LogP contribution < -0.4 is 11.1 Å². The molecule has 1 aliphatic heterocycles. The van der Waals surface area contributed by atoms with Crippen molar-refractivity contribution in [2.24, 2.45) is 0 Å². The van der Waals surface area contributed by atoms with Crippen LogP contribution >= 0.6 is 0 Å². The lowest BCUT2D eigenvalue weighted by Gasteiger charge is -2.23. The van der Waals surface area contributed by atoms with Crippen LogP contribution in [-0.2, 0) is 17.7 Å². The topological polar surface area (TPSA) is 95.3 Å². The van der Waals surface area contributed by atoms with Crippen LogP contribution in [0.1, 0.15) is 11.3 Å². The van der Waals surface area contributed by atoms with Gasteiger partial charge in [0.1, 0.15) is 11.8 Å². The van der Waals surface area contributed by atoms with Crippen LogP contribution in [0.15, 0.2) is 67.1 Å². The van der Waals surface area contributed by atoms with E-state index in [9.17, 15) is 0 Å². The molecule has 8 heteroatoms. The number of ether oxygens (including phenoxy) is 1. The Morgan fingerprint density at radius 2 is 2.03 bits per heavy atom. The summed E-state index contributed by atoms with van der Waals surface area (Å²) in [7, 11) is 0. The van der Waals surface area contributed by atoms with Crippen LogP contribution in [0.25, 0.3) is 27.5 Å². The Hall–Kier alpha value is -3.75. The molecule has 33 heavy (non-hydrogen) atoms. The zero-order chi connectivity index (χ0) is 22.2. The quantitative estimate of drug-likeness (QED) is 0.437. The third-order valence-electron chi connectivity index (χ3n) is 6.16. The van der Waals surface area contributed by atoms with Crippen LogP contribution in [0.3, 0.4) is 0 Å². The summed E-state index contributed by atoms with van der Waals surface area (Å²) >= 11 is 0. The average Bonchev–Trinajstić information content (AvgIpc) is 3.41. The van der Waals surface area contributed by atoms with E-state index < -0.39 is 0 Å². The number of rotatable bonds is 5. The largest absolute Gasteiger partial charge is 0.382 e. The molecule has 0 spiro atoms. The zero-order valence-electron chi connectivity index (χ0n) is 18.2. The van der Waals surface area contributed by atoms with E-state index in [0.717, 1.165) is 59.4 Å². The lowest BCUT2D eigenvalue weighted by Crippen LogP contribution is -2.42. The monoisotopic (exact) mass is 439 g/mol. The molecular formula is C25H25N7O. The molecule has 6 rings (SSSR count). The SMILES string of the molecule is Nc1ncnn2c(CC3COCCN3)cc(-c3ccc4cn(Cc5ccccc5)nc4c3)c12. The van der Waals surface area contributed by atoms with Gasteiger partial charge in [0, 0.05) is 41.8 Å². The molecule has 166 valence electrons. The predicted molar refractivity (Wildman–Crippen MR) is 128 cm³/mol. The third kappa shape index (κ3) is 3.83. The van der Waals surface area contributed by atoms with Crippen LogP contribution in [0.4, 0.5) is 5.82 Å². The smallest absolute Gasteiger partial charge is 0.151 e. The molecule has 2 aromatic carbocycles. The average molecular weight is 440 g/mol. The van der Waals surface area contributed by atoms with Gasteiger partial charge in [0.2, 0.25) is 0 Å². The lowest BCUT2D eigenvalue weighted by molar-refractivity contribution is 0.0766. The van der Waals surface area contributed by atoms with E-state index in [1.54, 1.807) is 0 Å². The number of fused-ring (bicyclic) bond motifs is 2. The molecule has 0 saturated carbocycles. The normalized spacial score (nSPS) is 16.5. The second-order valence-electron chi connectivity index (χ2n) is 8.47. The summed E-state index contributed by atoms with van der Waals surface area (Å²) in [6, 6.07) is 19.1.